The molecule has 27 heavy (non-hydrogen) atoms. The second-order valence-electron chi connectivity index (χ2n) is 7.41. The van der Waals surface area contributed by atoms with Gasteiger partial charge in [0.25, 0.3) is 0 Å². The molecule has 2 aliphatic carbocycles. The van der Waals surface area contributed by atoms with Gasteiger partial charge in [-0.3, -0.25) is 14.3 Å². The molecule has 0 atom stereocenters. The van der Waals surface area contributed by atoms with Gasteiger partial charge in [-0.25, -0.2) is 0 Å². The molecule has 0 spiro atoms. The summed E-state index contributed by atoms with van der Waals surface area (Å²) in [5.41, 5.74) is 0.979. The summed E-state index contributed by atoms with van der Waals surface area (Å²) in [7, 11) is 0. The quantitative estimate of drug-likeness (QED) is 0.675. The number of rotatable bonds is 7. The summed E-state index contributed by atoms with van der Waals surface area (Å²) in [4.78, 5) is 19.1. The van der Waals surface area contributed by atoms with Crippen molar-refractivity contribution in [2.24, 2.45) is 0 Å². The van der Waals surface area contributed by atoms with Crippen LogP contribution in [0.2, 0.25) is 0 Å². The molecule has 4 rings (SSSR count). The van der Waals surface area contributed by atoms with Crippen LogP contribution in [0.15, 0.2) is 29.7 Å². The zero-order valence-electron chi connectivity index (χ0n) is 15.9. The maximum Gasteiger partial charge on any atom is 0.233 e. The number of nitrogens with zero attached hydrogens (tertiary/aromatic N) is 5. The van der Waals surface area contributed by atoms with Crippen LogP contribution >= 0.6 is 11.8 Å². The molecule has 6 nitrogen and oxygen atoms in total. The molecule has 2 aromatic rings. The minimum Gasteiger partial charge on any atom is -0.339 e. The summed E-state index contributed by atoms with van der Waals surface area (Å²) in [5, 5.41) is 9.66. The SMILES string of the molecule is CCN(C(=O)CSc1nnc(-c2cccnc2)n1C1CC1)C1CCCCC1. The van der Waals surface area contributed by atoms with Crippen molar-refractivity contribution in [1.82, 2.24) is 24.6 Å². The van der Waals surface area contributed by atoms with E-state index in [0.29, 0.717) is 17.8 Å². The minimum absolute atomic E-state index is 0.225. The molecule has 2 aliphatic rings. The molecule has 2 heterocycles. The van der Waals surface area contributed by atoms with Crippen LogP contribution in [0, 0.1) is 0 Å². The first kappa shape index (κ1) is 18.5. The van der Waals surface area contributed by atoms with Crippen LogP contribution in [0.5, 0.6) is 0 Å². The lowest BCUT2D eigenvalue weighted by molar-refractivity contribution is -0.131. The van der Waals surface area contributed by atoms with Crippen LogP contribution in [0.4, 0.5) is 0 Å². The standard InChI is InChI=1S/C20H27N5OS/c1-2-24(16-8-4-3-5-9-16)18(26)14-27-20-23-22-19(25(20)17-10-11-17)15-7-6-12-21-13-15/h6-7,12-13,16-17H,2-5,8-11,14H2,1H3. The Hall–Kier alpha value is -1.89. The third-order valence-corrected chi connectivity index (χ3v) is 6.43. The number of hydrogen-bond donors (Lipinski definition) is 0. The molecule has 2 aromatic heterocycles. The largest absolute Gasteiger partial charge is 0.339 e. The summed E-state index contributed by atoms with van der Waals surface area (Å²) in [6.07, 6.45) is 12.0. The Morgan fingerprint density at radius 3 is 2.70 bits per heavy atom. The molecular formula is C20H27N5OS. The molecule has 0 N–H and O–H groups in total. The predicted molar refractivity (Wildman–Crippen MR) is 107 cm³/mol. The van der Waals surface area contributed by atoms with E-state index in [-0.39, 0.29) is 5.91 Å². The van der Waals surface area contributed by atoms with Gasteiger partial charge in [-0.15, -0.1) is 10.2 Å². The Balaban J connectivity index is 1.46. The van der Waals surface area contributed by atoms with Gasteiger partial charge in [0.05, 0.1) is 5.75 Å². The van der Waals surface area contributed by atoms with Gasteiger partial charge < -0.3 is 4.90 Å². The highest BCUT2D eigenvalue weighted by Crippen LogP contribution is 2.41. The van der Waals surface area contributed by atoms with Gasteiger partial charge in [0.2, 0.25) is 5.91 Å². The molecule has 2 saturated carbocycles. The van der Waals surface area contributed by atoms with Crippen molar-refractivity contribution in [3.05, 3.63) is 24.5 Å². The van der Waals surface area contributed by atoms with Gasteiger partial charge in [0.15, 0.2) is 11.0 Å². The number of amides is 1. The normalized spacial score (nSPS) is 17.8. The number of carbonyl (C=O) groups excluding carboxylic acids is 1. The highest BCUT2D eigenvalue weighted by molar-refractivity contribution is 7.99. The van der Waals surface area contributed by atoms with Crippen molar-refractivity contribution in [3.63, 3.8) is 0 Å². The molecule has 0 saturated heterocycles. The minimum atomic E-state index is 0.225. The Labute approximate surface area is 164 Å². The van der Waals surface area contributed by atoms with Crippen LogP contribution in [0.25, 0.3) is 11.4 Å². The monoisotopic (exact) mass is 385 g/mol. The Bertz CT molecular complexity index is 768. The molecule has 0 radical (unpaired) electrons. The van der Waals surface area contributed by atoms with Gasteiger partial charge in [-0.2, -0.15) is 0 Å². The molecular weight excluding hydrogens is 358 g/mol. The van der Waals surface area contributed by atoms with Crippen LogP contribution in [-0.2, 0) is 4.79 Å². The lowest BCUT2D eigenvalue weighted by Crippen LogP contribution is -2.42. The van der Waals surface area contributed by atoms with E-state index >= 15 is 0 Å². The molecule has 2 fully saturated rings. The predicted octanol–water partition coefficient (Wildman–Crippen LogP) is 3.95. The third kappa shape index (κ3) is 4.18. The maximum absolute atomic E-state index is 12.9. The van der Waals surface area contributed by atoms with Crippen molar-refractivity contribution in [3.8, 4) is 11.4 Å². The molecule has 0 bridgehead atoms. The first-order chi connectivity index (χ1) is 13.3. The highest BCUT2D eigenvalue weighted by atomic mass is 32.2. The van der Waals surface area contributed by atoms with Crippen LogP contribution < -0.4 is 0 Å². The summed E-state index contributed by atoms with van der Waals surface area (Å²) < 4.78 is 2.20. The van der Waals surface area contributed by atoms with E-state index in [1.807, 2.05) is 18.3 Å². The molecule has 144 valence electrons. The second kappa shape index (κ2) is 8.42. The number of thioether (sulfide) groups is 1. The average Bonchev–Trinajstić information content (AvgIpc) is 3.47. The topological polar surface area (TPSA) is 63.9 Å². The van der Waals surface area contributed by atoms with Crippen molar-refractivity contribution >= 4 is 17.7 Å². The van der Waals surface area contributed by atoms with E-state index < -0.39 is 0 Å². The summed E-state index contributed by atoms with van der Waals surface area (Å²) in [6, 6.07) is 4.80. The summed E-state index contributed by atoms with van der Waals surface area (Å²) in [6.45, 7) is 2.88. The van der Waals surface area contributed by atoms with Gasteiger partial charge in [0.1, 0.15) is 0 Å². The lowest BCUT2D eigenvalue weighted by Gasteiger charge is -2.33. The van der Waals surface area contributed by atoms with Crippen LogP contribution in [0.1, 0.15) is 57.9 Å². The number of carbonyl (C=O) groups is 1. The van der Waals surface area contributed by atoms with Crippen LogP contribution in [0.3, 0.4) is 0 Å². The Morgan fingerprint density at radius 2 is 2.04 bits per heavy atom. The van der Waals surface area contributed by atoms with E-state index in [4.69, 9.17) is 0 Å². The van der Waals surface area contributed by atoms with E-state index in [0.717, 1.165) is 48.8 Å². The summed E-state index contributed by atoms with van der Waals surface area (Å²) in [5.74, 6) is 1.52. The van der Waals surface area contributed by atoms with Crippen molar-refractivity contribution in [2.45, 2.75) is 69.1 Å². The highest BCUT2D eigenvalue weighted by Gasteiger charge is 2.31. The Kier molecular flexibility index (Phi) is 5.76. The molecule has 0 aromatic carbocycles. The van der Waals surface area contributed by atoms with E-state index in [1.165, 1.54) is 31.0 Å². The molecule has 0 aliphatic heterocycles. The van der Waals surface area contributed by atoms with E-state index in [2.05, 4.69) is 31.6 Å². The van der Waals surface area contributed by atoms with Gasteiger partial charge >= 0.3 is 0 Å². The second-order valence-corrected chi connectivity index (χ2v) is 8.35. The maximum atomic E-state index is 12.9. The van der Waals surface area contributed by atoms with Crippen molar-refractivity contribution in [1.29, 1.82) is 0 Å². The third-order valence-electron chi connectivity index (χ3n) is 5.50. The number of aromatic nitrogens is 4. The van der Waals surface area contributed by atoms with E-state index in [1.54, 1.807) is 6.20 Å². The number of hydrogen-bond acceptors (Lipinski definition) is 5. The fourth-order valence-corrected chi connectivity index (χ4v) is 4.86. The average molecular weight is 386 g/mol. The summed E-state index contributed by atoms with van der Waals surface area (Å²) >= 11 is 1.52. The fraction of sp³-hybridized carbons (Fsp3) is 0.600. The molecule has 0 unspecified atom stereocenters. The molecule has 1 amide bonds. The Morgan fingerprint density at radius 1 is 1.22 bits per heavy atom. The van der Waals surface area contributed by atoms with Gasteiger partial charge in [-0.05, 0) is 44.7 Å². The van der Waals surface area contributed by atoms with Crippen LogP contribution in [-0.4, -0.2) is 48.9 Å². The first-order valence-corrected chi connectivity index (χ1v) is 11.0. The zero-order valence-corrected chi connectivity index (χ0v) is 16.7. The van der Waals surface area contributed by atoms with Gasteiger partial charge in [0, 0.05) is 36.6 Å². The van der Waals surface area contributed by atoms with Gasteiger partial charge in [-0.1, -0.05) is 31.0 Å². The first-order valence-electron chi connectivity index (χ1n) is 10.1. The zero-order chi connectivity index (χ0) is 18.6. The fourth-order valence-electron chi connectivity index (χ4n) is 3.97. The van der Waals surface area contributed by atoms with Crippen molar-refractivity contribution in [2.75, 3.05) is 12.3 Å². The lowest BCUT2D eigenvalue weighted by atomic mass is 9.94. The van der Waals surface area contributed by atoms with Crippen molar-refractivity contribution < 1.29 is 4.79 Å². The smallest absolute Gasteiger partial charge is 0.233 e. The molecule has 7 heteroatoms. The van der Waals surface area contributed by atoms with E-state index in [9.17, 15) is 4.79 Å². The number of pyridine rings is 1.